The Labute approximate surface area is 151 Å². The normalized spacial score (nSPS) is 10.8. The SMILES string of the molecule is Cc1nc2cccnc2n1-c1ccc(C(=O)NCc2ccccc2)cc1. The zero-order valence-electron chi connectivity index (χ0n) is 14.4. The molecule has 0 aliphatic rings. The zero-order valence-corrected chi connectivity index (χ0v) is 14.4. The van der Waals surface area contributed by atoms with Gasteiger partial charge in [0.25, 0.3) is 5.91 Å². The monoisotopic (exact) mass is 342 g/mol. The Morgan fingerprint density at radius 2 is 1.77 bits per heavy atom. The van der Waals surface area contributed by atoms with Crippen molar-refractivity contribution in [2.24, 2.45) is 0 Å². The molecule has 26 heavy (non-hydrogen) atoms. The van der Waals surface area contributed by atoms with Crippen molar-refractivity contribution in [1.82, 2.24) is 19.9 Å². The summed E-state index contributed by atoms with van der Waals surface area (Å²) in [6, 6.07) is 21.2. The fourth-order valence-electron chi connectivity index (χ4n) is 2.98. The third-order valence-corrected chi connectivity index (χ3v) is 4.27. The van der Waals surface area contributed by atoms with Crippen molar-refractivity contribution in [2.45, 2.75) is 13.5 Å². The van der Waals surface area contributed by atoms with Crippen LogP contribution in [0.2, 0.25) is 0 Å². The minimum Gasteiger partial charge on any atom is -0.348 e. The predicted octanol–water partition coefficient (Wildman–Crippen LogP) is 3.66. The van der Waals surface area contributed by atoms with Crippen LogP contribution in [0.25, 0.3) is 16.9 Å². The van der Waals surface area contributed by atoms with Crippen LogP contribution in [0.1, 0.15) is 21.7 Å². The fourth-order valence-corrected chi connectivity index (χ4v) is 2.98. The lowest BCUT2D eigenvalue weighted by atomic mass is 10.1. The Morgan fingerprint density at radius 1 is 1.00 bits per heavy atom. The van der Waals surface area contributed by atoms with Crippen LogP contribution in [0.5, 0.6) is 0 Å². The smallest absolute Gasteiger partial charge is 0.251 e. The average Bonchev–Trinajstić information content (AvgIpc) is 3.03. The standard InChI is InChI=1S/C21H18N4O/c1-15-24-19-8-5-13-22-20(19)25(15)18-11-9-17(10-12-18)21(26)23-14-16-6-3-2-4-7-16/h2-13H,14H2,1H3,(H,23,26). The highest BCUT2D eigenvalue weighted by molar-refractivity contribution is 5.94. The molecule has 0 atom stereocenters. The van der Waals surface area contributed by atoms with Crippen molar-refractivity contribution in [3.05, 3.63) is 89.9 Å². The van der Waals surface area contributed by atoms with Crippen LogP contribution in [0.15, 0.2) is 72.9 Å². The van der Waals surface area contributed by atoms with E-state index in [2.05, 4.69) is 15.3 Å². The highest BCUT2D eigenvalue weighted by Gasteiger charge is 2.11. The van der Waals surface area contributed by atoms with Gasteiger partial charge in [-0.25, -0.2) is 9.97 Å². The zero-order chi connectivity index (χ0) is 17.9. The molecule has 0 saturated heterocycles. The van der Waals surface area contributed by atoms with Crippen molar-refractivity contribution in [3.8, 4) is 5.69 Å². The van der Waals surface area contributed by atoms with Gasteiger partial charge in [0.05, 0.1) is 0 Å². The van der Waals surface area contributed by atoms with Gasteiger partial charge in [-0.15, -0.1) is 0 Å². The summed E-state index contributed by atoms with van der Waals surface area (Å²) >= 11 is 0. The largest absolute Gasteiger partial charge is 0.348 e. The van der Waals surface area contributed by atoms with E-state index in [9.17, 15) is 4.79 Å². The Balaban J connectivity index is 1.55. The van der Waals surface area contributed by atoms with Gasteiger partial charge in [0, 0.05) is 24.0 Å². The molecule has 0 bridgehead atoms. The molecule has 1 N–H and O–H groups in total. The maximum absolute atomic E-state index is 12.4. The van der Waals surface area contributed by atoms with Gasteiger partial charge >= 0.3 is 0 Å². The van der Waals surface area contributed by atoms with E-state index in [-0.39, 0.29) is 5.91 Å². The van der Waals surface area contributed by atoms with E-state index in [1.54, 1.807) is 6.20 Å². The van der Waals surface area contributed by atoms with Crippen molar-refractivity contribution in [1.29, 1.82) is 0 Å². The number of carbonyl (C=O) groups is 1. The summed E-state index contributed by atoms with van der Waals surface area (Å²) in [5.41, 5.74) is 4.30. The fraction of sp³-hybridized carbons (Fsp3) is 0.0952. The van der Waals surface area contributed by atoms with Crippen LogP contribution in [0.3, 0.4) is 0 Å². The van der Waals surface area contributed by atoms with Gasteiger partial charge in [-0.05, 0) is 48.9 Å². The van der Waals surface area contributed by atoms with Gasteiger partial charge < -0.3 is 5.32 Å². The highest BCUT2D eigenvalue weighted by Crippen LogP contribution is 2.19. The lowest BCUT2D eigenvalue weighted by molar-refractivity contribution is 0.0951. The molecule has 2 heterocycles. The van der Waals surface area contributed by atoms with Crippen molar-refractivity contribution >= 4 is 17.1 Å². The molecule has 128 valence electrons. The van der Waals surface area contributed by atoms with Crippen LogP contribution < -0.4 is 5.32 Å². The molecular weight excluding hydrogens is 324 g/mol. The Morgan fingerprint density at radius 3 is 2.54 bits per heavy atom. The molecule has 0 saturated carbocycles. The van der Waals surface area contributed by atoms with Crippen LogP contribution >= 0.6 is 0 Å². The van der Waals surface area contributed by atoms with Crippen LogP contribution in [0, 0.1) is 6.92 Å². The second-order valence-electron chi connectivity index (χ2n) is 6.06. The molecule has 1 amide bonds. The molecule has 0 spiro atoms. The summed E-state index contributed by atoms with van der Waals surface area (Å²) in [4.78, 5) is 21.3. The minimum atomic E-state index is -0.0919. The molecule has 5 nitrogen and oxygen atoms in total. The van der Waals surface area contributed by atoms with Gasteiger partial charge in [-0.1, -0.05) is 30.3 Å². The van der Waals surface area contributed by atoms with Gasteiger partial charge in [0.2, 0.25) is 0 Å². The number of nitrogens with one attached hydrogen (secondary N) is 1. The average molecular weight is 342 g/mol. The summed E-state index contributed by atoms with van der Waals surface area (Å²) < 4.78 is 1.99. The minimum absolute atomic E-state index is 0.0919. The quantitative estimate of drug-likeness (QED) is 0.616. The van der Waals surface area contributed by atoms with Crippen molar-refractivity contribution in [2.75, 3.05) is 0 Å². The Hall–Kier alpha value is -3.47. The number of rotatable bonds is 4. The number of benzene rings is 2. The van der Waals surface area contributed by atoms with E-state index in [0.29, 0.717) is 12.1 Å². The number of nitrogens with zero attached hydrogens (tertiary/aromatic N) is 3. The number of carbonyl (C=O) groups excluding carboxylic acids is 1. The lowest BCUT2D eigenvalue weighted by Gasteiger charge is -2.08. The summed E-state index contributed by atoms with van der Waals surface area (Å²) in [7, 11) is 0. The first-order valence-electron chi connectivity index (χ1n) is 8.45. The van der Waals surface area contributed by atoms with Gasteiger partial charge in [0.1, 0.15) is 11.3 Å². The Bertz CT molecular complexity index is 1050. The molecule has 0 fully saturated rings. The van der Waals surface area contributed by atoms with E-state index in [4.69, 9.17) is 0 Å². The first-order valence-corrected chi connectivity index (χ1v) is 8.45. The first-order chi connectivity index (χ1) is 12.7. The molecule has 0 aliphatic carbocycles. The molecular formula is C21H18N4O. The van der Waals surface area contributed by atoms with Crippen molar-refractivity contribution in [3.63, 3.8) is 0 Å². The molecule has 0 unspecified atom stereocenters. The number of aryl methyl sites for hydroxylation is 1. The second kappa shape index (κ2) is 6.80. The van der Waals surface area contributed by atoms with Crippen molar-refractivity contribution < 1.29 is 4.79 Å². The number of hydrogen-bond acceptors (Lipinski definition) is 3. The lowest BCUT2D eigenvalue weighted by Crippen LogP contribution is -2.22. The number of aromatic nitrogens is 3. The van der Waals surface area contributed by atoms with E-state index < -0.39 is 0 Å². The van der Waals surface area contributed by atoms with E-state index in [1.165, 1.54) is 0 Å². The molecule has 4 aromatic rings. The molecule has 4 rings (SSSR count). The maximum atomic E-state index is 12.4. The van der Waals surface area contributed by atoms with E-state index >= 15 is 0 Å². The molecule has 0 radical (unpaired) electrons. The van der Waals surface area contributed by atoms with Gasteiger partial charge in [0.15, 0.2) is 5.65 Å². The first kappa shape index (κ1) is 16.0. The number of imidazole rings is 1. The van der Waals surface area contributed by atoms with E-state index in [1.807, 2.05) is 78.2 Å². The molecule has 2 aromatic heterocycles. The summed E-state index contributed by atoms with van der Waals surface area (Å²) in [5.74, 6) is 0.769. The number of pyridine rings is 1. The predicted molar refractivity (Wildman–Crippen MR) is 101 cm³/mol. The topological polar surface area (TPSA) is 59.8 Å². The number of fused-ring (bicyclic) bond motifs is 1. The molecule has 0 aliphatic heterocycles. The molecule has 5 heteroatoms. The number of amides is 1. The summed E-state index contributed by atoms with van der Waals surface area (Å²) in [6.45, 7) is 2.46. The van der Waals surface area contributed by atoms with Gasteiger partial charge in [-0.2, -0.15) is 0 Å². The second-order valence-corrected chi connectivity index (χ2v) is 6.06. The van der Waals surface area contributed by atoms with E-state index in [0.717, 1.165) is 28.2 Å². The summed E-state index contributed by atoms with van der Waals surface area (Å²) in [6.07, 6.45) is 1.76. The highest BCUT2D eigenvalue weighted by atomic mass is 16.1. The van der Waals surface area contributed by atoms with Crippen LogP contribution in [-0.2, 0) is 6.54 Å². The molecule has 2 aromatic carbocycles. The maximum Gasteiger partial charge on any atom is 0.251 e. The third kappa shape index (κ3) is 3.07. The summed E-state index contributed by atoms with van der Waals surface area (Å²) in [5, 5.41) is 2.94. The number of hydrogen-bond donors (Lipinski definition) is 1. The van der Waals surface area contributed by atoms with Crippen LogP contribution in [0.4, 0.5) is 0 Å². The van der Waals surface area contributed by atoms with Crippen LogP contribution in [-0.4, -0.2) is 20.4 Å². The third-order valence-electron chi connectivity index (χ3n) is 4.27. The van der Waals surface area contributed by atoms with Gasteiger partial charge in [-0.3, -0.25) is 9.36 Å². The Kier molecular flexibility index (Phi) is 4.19.